The number of hydrogen-bond donors (Lipinski definition) is 5. The van der Waals surface area contributed by atoms with Crippen LogP contribution in [0.3, 0.4) is 0 Å². The Morgan fingerprint density at radius 2 is 1.50 bits per heavy atom. The predicted molar refractivity (Wildman–Crippen MR) is 142 cm³/mol. The molecular weight excluding hydrogens is 529 g/mol. The first kappa shape index (κ1) is 28.1. The number of aliphatic carboxylic acids is 1. The lowest BCUT2D eigenvalue weighted by molar-refractivity contribution is -0.192. The molecule has 0 spiro atoms. The van der Waals surface area contributed by atoms with Gasteiger partial charge in [-0.2, -0.15) is 13.2 Å². The number of nitrogens with one attached hydrogen (secondary N) is 3. The average molecular weight is 555 g/mol. The number of benzene rings is 3. The third kappa shape index (κ3) is 7.57. The van der Waals surface area contributed by atoms with E-state index in [0.717, 1.165) is 44.8 Å². The Morgan fingerprint density at radius 3 is 2.10 bits per heavy atom. The van der Waals surface area contributed by atoms with Crippen molar-refractivity contribution >= 4 is 39.8 Å². The van der Waals surface area contributed by atoms with Crippen LogP contribution in [-0.2, 0) is 28.9 Å². The molecule has 0 fully saturated rings. The van der Waals surface area contributed by atoms with Crippen LogP contribution in [0.5, 0.6) is 0 Å². The normalized spacial score (nSPS) is 11.2. The molecule has 0 aliphatic carbocycles. The third-order valence-electron chi connectivity index (χ3n) is 5.65. The molecule has 6 N–H and O–H groups in total. The topological polar surface area (TPSA) is 159 Å². The van der Waals surface area contributed by atoms with Gasteiger partial charge in [-0.3, -0.25) is 5.32 Å². The molecule has 3 aromatic carbocycles. The molecule has 5 rings (SSSR count). The summed E-state index contributed by atoms with van der Waals surface area (Å²) in [6.07, 6.45) is -4.36. The van der Waals surface area contributed by atoms with Crippen LogP contribution in [0.15, 0.2) is 66.7 Å². The molecule has 0 radical (unpaired) electrons. The van der Waals surface area contributed by atoms with Gasteiger partial charge in [0.05, 0.1) is 35.1 Å². The minimum Gasteiger partial charge on any atom is -0.475 e. The number of hydrogen-bond acceptors (Lipinski definition) is 6. The number of imidazole rings is 2. The van der Waals surface area contributed by atoms with E-state index in [1.807, 2.05) is 66.7 Å². The maximum Gasteiger partial charge on any atom is 0.490 e. The zero-order valence-electron chi connectivity index (χ0n) is 21.0. The predicted octanol–water partition coefficient (Wildman–Crippen LogP) is 4.91. The van der Waals surface area contributed by atoms with Crippen LogP contribution in [0.1, 0.15) is 22.8 Å². The van der Waals surface area contributed by atoms with E-state index in [2.05, 4.69) is 25.3 Å². The summed E-state index contributed by atoms with van der Waals surface area (Å²) in [5, 5.41) is 9.89. The second kappa shape index (κ2) is 12.3. The van der Waals surface area contributed by atoms with Gasteiger partial charge in [-0.15, -0.1) is 0 Å². The number of fused-ring (bicyclic) bond motifs is 2. The number of carboxylic acid groups (broad SMARTS) is 1. The molecule has 0 bridgehead atoms. The number of carboxylic acids is 1. The van der Waals surface area contributed by atoms with Crippen LogP contribution in [0, 0.1) is 0 Å². The number of carbonyl (C=O) groups is 2. The Balaban J connectivity index is 0.000000470. The number of H-pyrrole nitrogens is 2. The summed E-state index contributed by atoms with van der Waals surface area (Å²) in [4.78, 5) is 37.0. The molecule has 1 amide bonds. The molecule has 0 aliphatic rings. The number of alkyl halides is 3. The van der Waals surface area contributed by atoms with Crippen molar-refractivity contribution in [2.24, 2.45) is 5.73 Å². The van der Waals surface area contributed by atoms with Crippen molar-refractivity contribution in [3.63, 3.8) is 0 Å². The molecule has 5 aromatic rings. The van der Waals surface area contributed by atoms with Gasteiger partial charge >= 0.3 is 18.2 Å². The van der Waals surface area contributed by atoms with Crippen molar-refractivity contribution in [2.75, 3.05) is 11.9 Å². The average Bonchev–Trinajstić information content (AvgIpc) is 3.51. The Morgan fingerprint density at radius 1 is 0.900 bits per heavy atom. The van der Waals surface area contributed by atoms with Crippen LogP contribution in [0.25, 0.3) is 22.1 Å². The van der Waals surface area contributed by atoms with E-state index in [1.54, 1.807) is 0 Å². The summed E-state index contributed by atoms with van der Waals surface area (Å²) < 4.78 is 37.0. The number of rotatable bonds is 7. The summed E-state index contributed by atoms with van der Waals surface area (Å²) in [5.41, 5.74) is 12.0. The maximum atomic E-state index is 12.1. The van der Waals surface area contributed by atoms with Crippen LogP contribution >= 0.6 is 0 Å². The van der Waals surface area contributed by atoms with Gasteiger partial charge in [0.15, 0.2) is 0 Å². The highest BCUT2D eigenvalue weighted by Crippen LogP contribution is 2.20. The van der Waals surface area contributed by atoms with Gasteiger partial charge in [0.25, 0.3) is 0 Å². The molecule has 0 saturated carbocycles. The van der Waals surface area contributed by atoms with Gasteiger partial charge in [-0.05, 0) is 41.5 Å². The highest BCUT2D eigenvalue weighted by Gasteiger charge is 2.38. The lowest BCUT2D eigenvalue weighted by Gasteiger charge is -2.07. The van der Waals surface area contributed by atoms with Crippen molar-refractivity contribution < 1.29 is 32.6 Å². The highest BCUT2D eigenvalue weighted by molar-refractivity contribution is 5.88. The molecule has 40 heavy (non-hydrogen) atoms. The number of carbonyl (C=O) groups excluding carboxylic acids is 1. The first-order valence-electron chi connectivity index (χ1n) is 12.0. The van der Waals surface area contributed by atoms with Crippen molar-refractivity contribution in [3.05, 3.63) is 89.5 Å². The Kier molecular flexibility index (Phi) is 8.64. The molecule has 0 aliphatic heterocycles. The summed E-state index contributed by atoms with van der Waals surface area (Å²) in [6.45, 7) is 0.799. The number of halogens is 3. The second-order valence-corrected chi connectivity index (χ2v) is 8.63. The molecule has 10 nitrogen and oxygen atoms in total. The fraction of sp³-hybridized carbons (Fsp3) is 0.185. The fourth-order valence-corrected chi connectivity index (χ4v) is 3.75. The zero-order valence-corrected chi connectivity index (χ0v) is 21.0. The van der Waals surface area contributed by atoms with Crippen molar-refractivity contribution in [1.82, 2.24) is 19.9 Å². The first-order chi connectivity index (χ1) is 19.1. The molecule has 13 heteroatoms. The van der Waals surface area contributed by atoms with Gasteiger partial charge in [0, 0.05) is 18.7 Å². The summed E-state index contributed by atoms with van der Waals surface area (Å²) in [7, 11) is 0. The minimum atomic E-state index is -5.08. The van der Waals surface area contributed by atoms with Crippen LogP contribution < -0.4 is 11.1 Å². The maximum absolute atomic E-state index is 12.1. The Bertz CT molecular complexity index is 1620. The highest BCUT2D eigenvalue weighted by atomic mass is 19.4. The number of nitrogens with zero attached hydrogens (tertiary/aromatic N) is 2. The minimum absolute atomic E-state index is 0.314. The largest absolute Gasteiger partial charge is 0.490 e. The van der Waals surface area contributed by atoms with E-state index in [4.69, 9.17) is 20.4 Å². The quantitative estimate of drug-likeness (QED) is 0.191. The number of amides is 1. The molecule has 2 heterocycles. The number of anilines is 1. The number of nitrogens with two attached hydrogens (primary N) is 1. The van der Waals surface area contributed by atoms with Crippen LogP contribution in [0.4, 0.5) is 23.7 Å². The second-order valence-electron chi connectivity index (χ2n) is 8.63. The van der Waals surface area contributed by atoms with Gasteiger partial charge in [0.2, 0.25) is 0 Å². The van der Waals surface area contributed by atoms with E-state index in [1.165, 1.54) is 0 Å². The lowest BCUT2D eigenvalue weighted by atomic mass is 10.2. The molecule has 0 saturated heterocycles. The fourth-order valence-electron chi connectivity index (χ4n) is 3.75. The number of ether oxygens (including phenoxy) is 1. The van der Waals surface area contributed by atoms with Gasteiger partial charge in [0.1, 0.15) is 11.6 Å². The van der Waals surface area contributed by atoms with Gasteiger partial charge in [-0.1, -0.05) is 36.4 Å². The van der Waals surface area contributed by atoms with Crippen molar-refractivity contribution in [3.8, 4) is 0 Å². The van der Waals surface area contributed by atoms with E-state index in [-0.39, 0.29) is 0 Å². The summed E-state index contributed by atoms with van der Waals surface area (Å²) in [6, 6.07) is 21.4. The molecule has 2 aromatic heterocycles. The van der Waals surface area contributed by atoms with E-state index in [0.29, 0.717) is 31.7 Å². The molecule has 0 unspecified atom stereocenters. The number of aromatic amines is 2. The lowest BCUT2D eigenvalue weighted by Crippen LogP contribution is -2.21. The Hall–Kier alpha value is -4.91. The van der Waals surface area contributed by atoms with Gasteiger partial charge < -0.3 is 25.5 Å². The summed E-state index contributed by atoms with van der Waals surface area (Å²) >= 11 is 0. The van der Waals surface area contributed by atoms with Gasteiger partial charge in [-0.25, -0.2) is 19.6 Å². The first-order valence-corrected chi connectivity index (χ1v) is 12.0. The molecule has 208 valence electrons. The third-order valence-corrected chi connectivity index (χ3v) is 5.65. The smallest absolute Gasteiger partial charge is 0.475 e. The monoisotopic (exact) mass is 554 g/mol. The summed E-state index contributed by atoms with van der Waals surface area (Å²) in [5.74, 6) is -1.16. The molecular formula is C27H25F3N6O4. The SMILES string of the molecule is NCc1ccc2[nH]c(Cc3nc4cc(NC(=O)OCCc5ccccc5)ccc4[nH]3)nc2c1.O=C(O)C(F)(F)F. The molecule has 0 atom stereocenters. The Labute approximate surface area is 225 Å². The van der Waals surface area contributed by atoms with E-state index in [9.17, 15) is 18.0 Å². The van der Waals surface area contributed by atoms with E-state index < -0.39 is 18.2 Å². The van der Waals surface area contributed by atoms with E-state index >= 15 is 0 Å². The number of aromatic nitrogens is 4. The van der Waals surface area contributed by atoms with Crippen LogP contribution in [-0.4, -0.2) is 49.9 Å². The van der Waals surface area contributed by atoms with Crippen molar-refractivity contribution in [1.29, 1.82) is 0 Å². The van der Waals surface area contributed by atoms with Crippen molar-refractivity contribution in [2.45, 2.75) is 25.6 Å². The standard InChI is InChI=1S/C25H24N6O2.C2HF3O2/c26-15-17-6-8-19-21(12-17)30-23(28-19)14-24-29-20-9-7-18(13-22(20)31-24)27-25(32)33-11-10-16-4-2-1-3-5-16;3-2(4,5)1(6)7/h1-9,12-13H,10-11,14-15,26H2,(H,27,32)(H,28,30)(H,29,31);(H,6,7). The van der Waals surface area contributed by atoms with Crippen LogP contribution in [0.2, 0.25) is 0 Å². The zero-order chi connectivity index (χ0) is 28.7.